The van der Waals surface area contributed by atoms with Crippen LogP contribution in [-0.2, 0) is 16.0 Å². The first kappa shape index (κ1) is 29.6. The molecule has 3 atom stereocenters. The third-order valence-corrected chi connectivity index (χ3v) is 7.00. The topological polar surface area (TPSA) is 141 Å². The molecule has 0 spiro atoms. The van der Waals surface area contributed by atoms with Crippen molar-refractivity contribution in [1.82, 2.24) is 25.8 Å². The lowest BCUT2D eigenvalue weighted by Crippen LogP contribution is -2.56. The molecule has 0 radical (unpaired) electrons. The lowest BCUT2D eigenvalue weighted by atomic mass is 10.00. The minimum atomic E-state index is -1.26. The van der Waals surface area contributed by atoms with Crippen LogP contribution in [-0.4, -0.2) is 76.4 Å². The molecule has 10 nitrogen and oxygen atoms in total. The van der Waals surface area contributed by atoms with E-state index in [4.69, 9.17) is 0 Å². The second kappa shape index (κ2) is 12.9. The molecule has 1 aliphatic heterocycles. The van der Waals surface area contributed by atoms with Crippen LogP contribution in [0.5, 0.6) is 0 Å². The Morgan fingerprint density at radius 2 is 1.90 bits per heavy atom. The van der Waals surface area contributed by atoms with Crippen molar-refractivity contribution in [3.63, 3.8) is 0 Å². The zero-order valence-electron chi connectivity index (χ0n) is 23.2. The van der Waals surface area contributed by atoms with Crippen LogP contribution in [0, 0.1) is 12.7 Å². The fraction of sp³-hybridized carbons (Fsp3) is 0.367. The Labute approximate surface area is 237 Å². The van der Waals surface area contributed by atoms with Crippen LogP contribution in [0.2, 0.25) is 0 Å². The fourth-order valence-corrected chi connectivity index (χ4v) is 4.77. The van der Waals surface area contributed by atoms with Crippen molar-refractivity contribution in [3.05, 3.63) is 76.7 Å². The van der Waals surface area contributed by atoms with Crippen molar-refractivity contribution in [3.8, 4) is 0 Å². The summed E-state index contributed by atoms with van der Waals surface area (Å²) in [4.78, 5) is 57.9. The minimum Gasteiger partial charge on any atom is -0.391 e. The number of amides is 4. The summed E-state index contributed by atoms with van der Waals surface area (Å²) in [5.74, 6) is -2.76. The van der Waals surface area contributed by atoms with Gasteiger partial charge in [0.15, 0.2) is 0 Å². The highest BCUT2D eigenvalue weighted by Crippen LogP contribution is 2.17. The van der Waals surface area contributed by atoms with E-state index < -0.39 is 47.6 Å². The summed E-state index contributed by atoms with van der Waals surface area (Å²) in [7, 11) is 0. The molecule has 4 N–H and O–H groups in total. The maximum atomic E-state index is 14.4. The Balaban J connectivity index is 1.62. The predicted octanol–water partition coefficient (Wildman–Crippen LogP) is 1.87. The number of nitrogens with zero attached hydrogens (tertiary/aromatic N) is 2. The zero-order chi connectivity index (χ0) is 29.7. The molecule has 3 aromatic rings. The number of pyridine rings is 1. The molecule has 4 amide bonds. The van der Waals surface area contributed by atoms with Crippen molar-refractivity contribution < 1.29 is 28.7 Å². The van der Waals surface area contributed by atoms with Gasteiger partial charge in [-0.25, -0.2) is 9.37 Å². The molecule has 216 valence electrons. The second-order valence-electron chi connectivity index (χ2n) is 10.4. The molecule has 41 heavy (non-hydrogen) atoms. The number of para-hydroxylation sites is 1. The first-order valence-electron chi connectivity index (χ1n) is 13.5. The summed E-state index contributed by atoms with van der Waals surface area (Å²) in [6.07, 6.45) is -0.0396. The molecule has 0 saturated carbocycles. The Kier molecular flexibility index (Phi) is 9.28. The maximum Gasteiger partial charge on any atom is 0.273 e. The van der Waals surface area contributed by atoms with E-state index in [0.29, 0.717) is 30.3 Å². The molecule has 1 aliphatic rings. The molecule has 4 rings (SSSR count). The van der Waals surface area contributed by atoms with Gasteiger partial charge >= 0.3 is 0 Å². The maximum absolute atomic E-state index is 14.4. The summed E-state index contributed by atoms with van der Waals surface area (Å²) in [6.45, 7) is 4.87. The normalized spacial score (nSPS) is 20.0. The summed E-state index contributed by atoms with van der Waals surface area (Å²) in [6, 6.07) is 10.8. The molecule has 2 heterocycles. The monoisotopic (exact) mass is 563 g/mol. The third-order valence-electron chi connectivity index (χ3n) is 7.00. The Morgan fingerprint density at radius 1 is 1.12 bits per heavy atom. The molecule has 0 saturated heterocycles. The summed E-state index contributed by atoms with van der Waals surface area (Å²) >= 11 is 0. The number of benzene rings is 2. The number of nitrogens with one attached hydrogen (secondary N) is 3. The van der Waals surface area contributed by atoms with E-state index in [1.54, 1.807) is 37.3 Å². The van der Waals surface area contributed by atoms with E-state index in [-0.39, 0.29) is 24.3 Å². The number of carbonyl (C=O) groups excluding carboxylic acids is 4. The largest absolute Gasteiger partial charge is 0.391 e. The van der Waals surface area contributed by atoms with Crippen molar-refractivity contribution >= 4 is 34.5 Å². The second-order valence-corrected chi connectivity index (χ2v) is 10.4. The van der Waals surface area contributed by atoms with Gasteiger partial charge in [0.25, 0.3) is 11.8 Å². The molecular weight excluding hydrogens is 529 g/mol. The number of aromatic nitrogens is 1. The van der Waals surface area contributed by atoms with E-state index in [1.807, 2.05) is 13.0 Å². The van der Waals surface area contributed by atoms with E-state index in [0.717, 1.165) is 11.1 Å². The van der Waals surface area contributed by atoms with E-state index in [2.05, 4.69) is 20.9 Å². The number of hydrogen-bond acceptors (Lipinski definition) is 6. The summed E-state index contributed by atoms with van der Waals surface area (Å²) < 4.78 is 14.4. The van der Waals surface area contributed by atoms with Crippen LogP contribution in [0.1, 0.15) is 52.2 Å². The summed E-state index contributed by atoms with van der Waals surface area (Å²) in [5.41, 5.74) is 2.21. The number of halogens is 1. The highest BCUT2D eigenvalue weighted by Gasteiger charge is 2.29. The van der Waals surface area contributed by atoms with Gasteiger partial charge < -0.3 is 26.0 Å². The van der Waals surface area contributed by atoms with E-state index in [9.17, 15) is 28.7 Å². The lowest BCUT2D eigenvalue weighted by Gasteiger charge is -2.28. The van der Waals surface area contributed by atoms with Crippen LogP contribution in [0.25, 0.3) is 10.9 Å². The average Bonchev–Trinajstić information content (AvgIpc) is 2.93. The smallest absolute Gasteiger partial charge is 0.273 e. The van der Waals surface area contributed by atoms with Gasteiger partial charge in [0.05, 0.1) is 12.6 Å². The quantitative estimate of drug-likeness (QED) is 0.375. The predicted molar refractivity (Wildman–Crippen MR) is 151 cm³/mol. The van der Waals surface area contributed by atoms with Gasteiger partial charge in [0.2, 0.25) is 11.8 Å². The Hall–Kier alpha value is -4.38. The first-order valence-corrected chi connectivity index (χ1v) is 13.5. The van der Waals surface area contributed by atoms with Gasteiger partial charge in [0.1, 0.15) is 23.1 Å². The average molecular weight is 564 g/mol. The number of carbonyl (C=O) groups is 4. The Morgan fingerprint density at radius 3 is 2.66 bits per heavy atom. The molecular formula is C30H34FN5O5. The van der Waals surface area contributed by atoms with Crippen molar-refractivity contribution in [2.45, 2.75) is 51.8 Å². The summed E-state index contributed by atoms with van der Waals surface area (Å²) in [5, 5.41) is 19.0. The molecule has 1 aromatic heterocycles. The van der Waals surface area contributed by atoms with E-state index >= 15 is 0 Å². The van der Waals surface area contributed by atoms with Gasteiger partial charge in [-0.05, 0) is 69.0 Å². The molecule has 0 aliphatic carbocycles. The molecule has 11 heteroatoms. The van der Waals surface area contributed by atoms with Crippen LogP contribution in [0.3, 0.4) is 0 Å². The van der Waals surface area contributed by atoms with Crippen LogP contribution < -0.4 is 16.0 Å². The highest BCUT2D eigenvalue weighted by molar-refractivity contribution is 5.98. The molecule has 0 fully saturated rings. The van der Waals surface area contributed by atoms with Crippen LogP contribution in [0.4, 0.5) is 4.39 Å². The van der Waals surface area contributed by atoms with Crippen molar-refractivity contribution in [2.24, 2.45) is 0 Å². The third kappa shape index (κ3) is 7.23. The fourth-order valence-electron chi connectivity index (χ4n) is 4.77. The van der Waals surface area contributed by atoms with Gasteiger partial charge in [-0.2, -0.15) is 0 Å². The lowest BCUT2D eigenvalue weighted by molar-refractivity contribution is -0.126. The first-order chi connectivity index (χ1) is 19.5. The molecule has 2 aromatic carbocycles. The minimum absolute atomic E-state index is 0.0316. The number of aliphatic hydroxyl groups is 1. The van der Waals surface area contributed by atoms with Gasteiger partial charge in [0, 0.05) is 30.1 Å². The number of aryl methyl sites for hydroxylation is 2. The van der Waals surface area contributed by atoms with Crippen LogP contribution >= 0.6 is 0 Å². The standard InChI is InChI=1S/C30H34FN5O5/c1-17-9-10-22-14-21(17)7-5-13-32-25(38)16-36(15-18(2)33-29(40)26(19(3)37)35-28(22)39)30(41)24-12-11-20-6-4-8-23(31)27(20)34-24/h4,6,8-12,14,18-19,26,37H,5,7,13,15-16H2,1-3H3,(H,32,38)(H,33,40)(H,35,39)/t18-,19-,26+/m1/s1. The van der Waals surface area contributed by atoms with Gasteiger partial charge in [-0.15, -0.1) is 0 Å². The number of fused-ring (bicyclic) bond motifs is 3. The Bertz CT molecular complexity index is 1480. The van der Waals surface area contributed by atoms with Crippen molar-refractivity contribution in [1.29, 1.82) is 0 Å². The number of rotatable bonds is 2. The van der Waals surface area contributed by atoms with Gasteiger partial charge in [-0.1, -0.05) is 24.3 Å². The number of hydrogen-bond donors (Lipinski definition) is 4. The molecule has 2 bridgehead atoms. The molecule has 0 unspecified atom stereocenters. The van der Waals surface area contributed by atoms with Crippen LogP contribution in [0.15, 0.2) is 48.5 Å². The number of aliphatic hydroxyl groups excluding tert-OH is 1. The highest BCUT2D eigenvalue weighted by atomic mass is 19.1. The van der Waals surface area contributed by atoms with Gasteiger partial charge in [-0.3, -0.25) is 19.2 Å². The zero-order valence-corrected chi connectivity index (χ0v) is 23.2. The van der Waals surface area contributed by atoms with Crippen molar-refractivity contribution in [2.75, 3.05) is 19.6 Å². The SMILES string of the molecule is Cc1ccc2cc1CCCNC(=O)CN(C(=O)c1ccc3cccc(F)c3n1)C[C@@H](C)NC(=O)[C@H]([C@@H](C)O)NC2=O. The van der Waals surface area contributed by atoms with E-state index in [1.165, 1.54) is 24.0 Å².